The molecule has 0 spiro atoms. The number of thioether (sulfide) groups is 1. The number of carbonyl (C=O) groups is 3. The number of aliphatic imine (C=N–C) groups is 1. The highest BCUT2D eigenvalue weighted by Gasteiger charge is 2.54. The number of non-ortho nitro benzene ring substituents is 1. The van der Waals surface area contributed by atoms with Gasteiger partial charge in [-0.2, -0.15) is 0 Å². The van der Waals surface area contributed by atoms with Gasteiger partial charge in [0.15, 0.2) is 6.04 Å². The van der Waals surface area contributed by atoms with Crippen molar-refractivity contribution in [3.8, 4) is 0 Å². The van der Waals surface area contributed by atoms with Crippen LogP contribution < -0.4 is 0 Å². The van der Waals surface area contributed by atoms with Crippen LogP contribution in [0.1, 0.15) is 33.3 Å². The van der Waals surface area contributed by atoms with Crippen LogP contribution in [0, 0.1) is 10.1 Å². The minimum absolute atomic E-state index is 0.0386. The van der Waals surface area contributed by atoms with E-state index in [1.807, 2.05) is 0 Å². The van der Waals surface area contributed by atoms with E-state index in [1.54, 1.807) is 32.9 Å². The first kappa shape index (κ1) is 23.5. The van der Waals surface area contributed by atoms with Crippen molar-refractivity contribution in [1.82, 2.24) is 4.90 Å². The summed E-state index contributed by atoms with van der Waals surface area (Å²) in [6.07, 6.45) is 1.48. The Labute approximate surface area is 188 Å². The molecule has 2 atom stereocenters. The summed E-state index contributed by atoms with van der Waals surface area (Å²) in [6.45, 7) is 6.33. The highest BCUT2D eigenvalue weighted by Crippen LogP contribution is 2.42. The number of amides is 1. The third-order valence-electron chi connectivity index (χ3n) is 4.55. The quantitative estimate of drug-likeness (QED) is 0.208. The third-order valence-corrected chi connectivity index (χ3v) is 5.87. The SMILES string of the molecule is CC(=O)OCC1=C(C(=O)OC(C)(C)C)N2C(=O)[C@@H](N=Cc3ccc([N+](=O)[O-])cc3)[C@H]2SC1. The van der Waals surface area contributed by atoms with Gasteiger partial charge < -0.3 is 9.47 Å². The van der Waals surface area contributed by atoms with Crippen LogP contribution in [0.5, 0.6) is 0 Å². The van der Waals surface area contributed by atoms with Gasteiger partial charge in [-0.3, -0.25) is 29.6 Å². The second-order valence-electron chi connectivity index (χ2n) is 8.22. The van der Waals surface area contributed by atoms with Gasteiger partial charge >= 0.3 is 11.9 Å². The molecule has 10 nitrogen and oxygen atoms in total. The number of carbonyl (C=O) groups excluding carboxylic acids is 3. The molecule has 0 aromatic heterocycles. The normalized spacial score (nSPS) is 20.6. The van der Waals surface area contributed by atoms with E-state index in [-0.39, 0.29) is 23.9 Å². The van der Waals surface area contributed by atoms with Gasteiger partial charge in [-0.1, -0.05) is 0 Å². The second kappa shape index (κ2) is 9.11. The Bertz CT molecular complexity index is 1010. The lowest BCUT2D eigenvalue weighted by atomic mass is 10.0. The van der Waals surface area contributed by atoms with Gasteiger partial charge in [0.25, 0.3) is 11.6 Å². The van der Waals surface area contributed by atoms with E-state index >= 15 is 0 Å². The molecule has 170 valence electrons. The molecule has 1 amide bonds. The molecular weight excluding hydrogens is 438 g/mol. The summed E-state index contributed by atoms with van der Waals surface area (Å²) < 4.78 is 10.5. The molecule has 1 fully saturated rings. The summed E-state index contributed by atoms with van der Waals surface area (Å²) in [5, 5.41) is 10.4. The molecule has 0 radical (unpaired) electrons. The highest BCUT2D eigenvalue weighted by atomic mass is 32.2. The number of nitro groups is 1. The molecule has 0 N–H and O–H groups in total. The zero-order valence-electron chi connectivity index (χ0n) is 18.1. The second-order valence-corrected chi connectivity index (χ2v) is 9.32. The van der Waals surface area contributed by atoms with E-state index in [2.05, 4.69) is 4.99 Å². The first-order chi connectivity index (χ1) is 15.0. The number of nitrogens with zero attached hydrogens (tertiary/aromatic N) is 3. The van der Waals surface area contributed by atoms with Crippen LogP contribution in [0.3, 0.4) is 0 Å². The molecule has 0 unspecified atom stereocenters. The predicted octanol–water partition coefficient (Wildman–Crippen LogP) is 2.46. The van der Waals surface area contributed by atoms with Gasteiger partial charge in [-0.15, -0.1) is 11.8 Å². The lowest BCUT2D eigenvalue weighted by Crippen LogP contribution is -2.64. The molecule has 32 heavy (non-hydrogen) atoms. The van der Waals surface area contributed by atoms with Crippen LogP contribution in [0.15, 0.2) is 40.5 Å². The number of nitro benzene ring substituents is 1. The zero-order valence-corrected chi connectivity index (χ0v) is 18.9. The fourth-order valence-corrected chi connectivity index (χ4v) is 4.45. The number of esters is 2. The van der Waals surface area contributed by atoms with E-state index in [0.29, 0.717) is 16.9 Å². The summed E-state index contributed by atoms with van der Waals surface area (Å²) in [7, 11) is 0. The van der Waals surface area contributed by atoms with Crippen LogP contribution >= 0.6 is 11.8 Å². The molecule has 0 bridgehead atoms. The summed E-state index contributed by atoms with van der Waals surface area (Å²) in [5.74, 6) is -1.15. The number of β-lactam (4-membered cyclic amide) rings is 1. The first-order valence-electron chi connectivity index (χ1n) is 9.79. The molecule has 3 rings (SSSR count). The Kier molecular flexibility index (Phi) is 6.68. The van der Waals surface area contributed by atoms with E-state index in [1.165, 1.54) is 41.9 Å². The fraction of sp³-hybridized carbons (Fsp3) is 0.429. The maximum atomic E-state index is 12.9. The van der Waals surface area contributed by atoms with Crippen molar-refractivity contribution in [3.05, 3.63) is 51.2 Å². The van der Waals surface area contributed by atoms with E-state index < -0.39 is 33.9 Å². The van der Waals surface area contributed by atoms with E-state index in [0.717, 1.165) is 0 Å². The maximum Gasteiger partial charge on any atom is 0.355 e. The zero-order chi connectivity index (χ0) is 23.6. The van der Waals surface area contributed by atoms with E-state index in [4.69, 9.17) is 9.47 Å². The van der Waals surface area contributed by atoms with Crippen LogP contribution in [0.4, 0.5) is 5.69 Å². The number of hydrogen-bond donors (Lipinski definition) is 0. The Morgan fingerprint density at radius 1 is 1.31 bits per heavy atom. The van der Waals surface area contributed by atoms with Crippen LogP contribution in [-0.2, 0) is 23.9 Å². The summed E-state index contributed by atoms with van der Waals surface area (Å²) in [4.78, 5) is 52.9. The number of benzene rings is 1. The molecule has 2 heterocycles. The van der Waals surface area contributed by atoms with Crippen molar-refractivity contribution in [2.24, 2.45) is 4.99 Å². The number of rotatable bonds is 6. The van der Waals surface area contributed by atoms with Gasteiger partial charge in [0.05, 0.1) is 4.92 Å². The number of hydrogen-bond acceptors (Lipinski definition) is 9. The van der Waals surface area contributed by atoms with Crippen LogP contribution in [0.2, 0.25) is 0 Å². The molecular formula is C21H23N3O7S. The van der Waals surface area contributed by atoms with Crippen LogP contribution in [0.25, 0.3) is 0 Å². The van der Waals surface area contributed by atoms with Crippen molar-refractivity contribution in [2.75, 3.05) is 12.4 Å². The summed E-state index contributed by atoms with van der Waals surface area (Å²) in [5.41, 5.74) is 0.404. The largest absolute Gasteiger partial charge is 0.461 e. The van der Waals surface area contributed by atoms with Gasteiger partial charge in [0, 0.05) is 36.6 Å². The fourth-order valence-electron chi connectivity index (χ4n) is 3.13. The Hall–Kier alpha value is -3.21. The predicted molar refractivity (Wildman–Crippen MR) is 117 cm³/mol. The number of fused-ring (bicyclic) bond motifs is 1. The molecule has 2 aliphatic heterocycles. The first-order valence-corrected chi connectivity index (χ1v) is 10.8. The van der Waals surface area contributed by atoms with Gasteiger partial charge in [-0.05, 0) is 38.5 Å². The van der Waals surface area contributed by atoms with Crippen molar-refractivity contribution < 1.29 is 28.8 Å². The monoisotopic (exact) mass is 461 g/mol. The molecule has 1 aromatic rings. The Morgan fingerprint density at radius 3 is 2.53 bits per heavy atom. The van der Waals surface area contributed by atoms with Crippen molar-refractivity contribution >= 4 is 41.5 Å². The molecule has 0 aliphatic carbocycles. The minimum Gasteiger partial charge on any atom is -0.461 e. The average molecular weight is 461 g/mol. The highest BCUT2D eigenvalue weighted by molar-refractivity contribution is 8.00. The average Bonchev–Trinajstić information content (AvgIpc) is 2.70. The van der Waals surface area contributed by atoms with E-state index in [9.17, 15) is 24.5 Å². The van der Waals surface area contributed by atoms with Crippen molar-refractivity contribution in [2.45, 2.75) is 44.7 Å². The molecule has 1 saturated heterocycles. The Balaban J connectivity index is 1.81. The smallest absolute Gasteiger partial charge is 0.355 e. The summed E-state index contributed by atoms with van der Waals surface area (Å²) >= 11 is 1.41. The Morgan fingerprint density at radius 2 is 1.97 bits per heavy atom. The van der Waals surface area contributed by atoms with Gasteiger partial charge in [0.2, 0.25) is 0 Å². The number of ether oxygens (including phenoxy) is 2. The third kappa shape index (κ3) is 5.16. The summed E-state index contributed by atoms with van der Waals surface area (Å²) in [6, 6.07) is 5.09. The lowest BCUT2D eigenvalue weighted by Gasteiger charge is -2.48. The van der Waals surface area contributed by atoms with Crippen molar-refractivity contribution in [3.63, 3.8) is 0 Å². The van der Waals surface area contributed by atoms with Gasteiger partial charge in [0.1, 0.15) is 23.3 Å². The van der Waals surface area contributed by atoms with Crippen LogP contribution in [-0.4, -0.2) is 63.3 Å². The molecule has 2 aliphatic rings. The standard InChI is InChI=1S/C21H23N3O7S/c1-12(25)30-10-14-11-32-19-16(22-9-13-5-7-15(8-6-13)24(28)29)18(26)23(19)17(14)20(27)31-21(2,3)4/h5-9,16,19H,10-11H2,1-4H3/t16-,19-/m1/s1. The topological polar surface area (TPSA) is 128 Å². The molecule has 11 heteroatoms. The van der Waals surface area contributed by atoms with Gasteiger partial charge in [-0.25, -0.2) is 4.79 Å². The molecule has 0 saturated carbocycles. The van der Waals surface area contributed by atoms with Crippen molar-refractivity contribution in [1.29, 1.82) is 0 Å². The molecule has 1 aromatic carbocycles. The maximum absolute atomic E-state index is 12.9. The lowest BCUT2D eigenvalue weighted by molar-refractivity contribution is -0.384. The minimum atomic E-state index is -0.766.